The third-order valence-corrected chi connectivity index (χ3v) is 7.13. The molecule has 0 atom stereocenters. The molecule has 1 heterocycles. The van der Waals surface area contributed by atoms with E-state index in [-0.39, 0.29) is 5.91 Å². The molecule has 1 fully saturated rings. The fourth-order valence-electron chi connectivity index (χ4n) is 4.24. The predicted molar refractivity (Wildman–Crippen MR) is 151 cm³/mol. The number of carbonyl (C=O) groups is 1. The molecule has 36 heavy (non-hydrogen) atoms. The Morgan fingerprint density at radius 1 is 0.917 bits per heavy atom. The molecular formula is C31H28N2O2S. The number of amidine groups is 1. The second kappa shape index (κ2) is 10.8. The molecule has 0 aromatic heterocycles. The van der Waals surface area contributed by atoms with Gasteiger partial charge in [0.1, 0.15) is 5.75 Å². The lowest BCUT2D eigenvalue weighted by Crippen LogP contribution is -2.31. The molecule has 180 valence electrons. The van der Waals surface area contributed by atoms with Crippen LogP contribution >= 0.6 is 11.8 Å². The fourth-order valence-corrected chi connectivity index (χ4v) is 5.25. The summed E-state index contributed by atoms with van der Waals surface area (Å²) in [5.74, 6) is 0.744. The number of hydrogen-bond donors (Lipinski definition) is 0. The summed E-state index contributed by atoms with van der Waals surface area (Å²) in [5.41, 5.74) is 4.12. The van der Waals surface area contributed by atoms with Gasteiger partial charge in [-0.2, -0.15) is 0 Å². The highest BCUT2D eigenvalue weighted by Crippen LogP contribution is 2.38. The van der Waals surface area contributed by atoms with Gasteiger partial charge in [-0.1, -0.05) is 78.4 Å². The molecule has 1 amide bonds. The average molecular weight is 493 g/mol. The van der Waals surface area contributed by atoms with Crippen LogP contribution in [0.25, 0.3) is 16.8 Å². The smallest absolute Gasteiger partial charge is 0.266 e. The van der Waals surface area contributed by atoms with Crippen LogP contribution in [0, 0.1) is 6.92 Å². The average Bonchev–Trinajstić information content (AvgIpc) is 3.19. The number of ether oxygens (including phenoxy) is 1. The zero-order valence-electron chi connectivity index (χ0n) is 20.5. The molecule has 5 rings (SSSR count). The van der Waals surface area contributed by atoms with Crippen LogP contribution in [0.1, 0.15) is 23.6 Å². The van der Waals surface area contributed by atoms with Crippen molar-refractivity contribution >= 4 is 45.4 Å². The highest BCUT2D eigenvalue weighted by atomic mass is 32.2. The number of fused-ring (bicyclic) bond motifs is 1. The van der Waals surface area contributed by atoms with Gasteiger partial charge in [-0.3, -0.25) is 9.69 Å². The van der Waals surface area contributed by atoms with Gasteiger partial charge in [0, 0.05) is 12.1 Å². The van der Waals surface area contributed by atoms with Crippen LogP contribution in [-0.2, 0) is 11.2 Å². The van der Waals surface area contributed by atoms with Crippen molar-refractivity contribution in [3.8, 4) is 5.75 Å². The van der Waals surface area contributed by atoms with Crippen molar-refractivity contribution in [3.63, 3.8) is 0 Å². The maximum absolute atomic E-state index is 13.7. The third kappa shape index (κ3) is 5.21. The van der Waals surface area contributed by atoms with Gasteiger partial charge in [-0.15, -0.1) is 0 Å². The Morgan fingerprint density at radius 2 is 1.67 bits per heavy atom. The summed E-state index contributed by atoms with van der Waals surface area (Å²) in [6.45, 7) is 5.14. The summed E-state index contributed by atoms with van der Waals surface area (Å²) in [4.78, 5) is 21.0. The molecule has 5 heteroatoms. The number of aliphatic imine (C=N–C) groups is 1. The standard InChI is InChI=1S/C31H28N2O2S/c1-3-35-28-18-15-24-11-7-8-12-26(24)27(28)21-29-30(34)33(20-19-23-9-5-4-6-10-23)31(36-29)32-25-16-13-22(2)14-17-25/h4-18,21H,3,19-20H2,1-2H3/b29-21+,32-31?. The second-order valence-electron chi connectivity index (χ2n) is 8.66. The van der Waals surface area contributed by atoms with E-state index in [1.54, 1.807) is 4.90 Å². The van der Waals surface area contributed by atoms with Crippen molar-refractivity contribution in [1.29, 1.82) is 0 Å². The Morgan fingerprint density at radius 3 is 2.44 bits per heavy atom. The van der Waals surface area contributed by atoms with Crippen molar-refractivity contribution in [3.05, 3.63) is 113 Å². The topological polar surface area (TPSA) is 41.9 Å². The Balaban J connectivity index is 1.54. The van der Waals surface area contributed by atoms with Gasteiger partial charge in [0.25, 0.3) is 5.91 Å². The van der Waals surface area contributed by atoms with Gasteiger partial charge in [0.05, 0.1) is 17.2 Å². The highest BCUT2D eigenvalue weighted by Gasteiger charge is 2.33. The SMILES string of the molecule is CCOc1ccc2ccccc2c1/C=C1/SC(=Nc2ccc(C)cc2)N(CCc2ccccc2)C1=O. The number of amides is 1. The fraction of sp³-hybridized carbons (Fsp3) is 0.161. The molecule has 0 bridgehead atoms. The molecule has 0 unspecified atom stereocenters. The summed E-state index contributed by atoms with van der Waals surface area (Å²) >= 11 is 1.42. The number of benzene rings is 4. The van der Waals surface area contributed by atoms with Crippen molar-refractivity contribution in [2.45, 2.75) is 20.3 Å². The van der Waals surface area contributed by atoms with Crippen LogP contribution in [0.15, 0.2) is 101 Å². The maximum atomic E-state index is 13.7. The number of hydrogen-bond acceptors (Lipinski definition) is 4. The molecule has 4 aromatic rings. The molecule has 0 saturated carbocycles. The quantitative estimate of drug-likeness (QED) is 0.253. The Labute approximate surface area is 216 Å². The first-order valence-corrected chi connectivity index (χ1v) is 13.0. The van der Waals surface area contributed by atoms with Gasteiger partial charge < -0.3 is 4.74 Å². The second-order valence-corrected chi connectivity index (χ2v) is 9.67. The number of thioether (sulfide) groups is 1. The summed E-state index contributed by atoms with van der Waals surface area (Å²) in [7, 11) is 0. The molecule has 1 aliphatic rings. The van der Waals surface area contributed by atoms with E-state index in [1.807, 2.05) is 73.7 Å². The maximum Gasteiger partial charge on any atom is 0.266 e. The van der Waals surface area contributed by atoms with E-state index >= 15 is 0 Å². The lowest BCUT2D eigenvalue weighted by atomic mass is 10.0. The normalized spacial score (nSPS) is 15.8. The Hall–Kier alpha value is -3.83. The molecule has 0 spiro atoms. The van der Waals surface area contributed by atoms with Crippen LogP contribution < -0.4 is 4.74 Å². The molecule has 1 saturated heterocycles. The Kier molecular flexibility index (Phi) is 7.19. The van der Waals surface area contributed by atoms with Gasteiger partial charge in [-0.25, -0.2) is 4.99 Å². The minimum Gasteiger partial charge on any atom is -0.493 e. The molecule has 4 aromatic carbocycles. The van der Waals surface area contributed by atoms with Crippen LogP contribution in [0.4, 0.5) is 5.69 Å². The van der Waals surface area contributed by atoms with E-state index in [1.165, 1.54) is 22.9 Å². The summed E-state index contributed by atoms with van der Waals surface area (Å²) in [6, 6.07) is 30.5. The van der Waals surface area contributed by atoms with Crippen LogP contribution in [0.5, 0.6) is 5.75 Å². The Bertz CT molecular complexity index is 1440. The number of carbonyl (C=O) groups excluding carboxylic acids is 1. The first-order chi connectivity index (χ1) is 17.6. The zero-order valence-corrected chi connectivity index (χ0v) is 21.3. The monoisotopic (exact) mass is 492 g/mol. The molecule has 4 nitrogen and oxygen atoms in total. The lowest BCUT2D eigenvalue weighted by molar-refractivity contribution is -0.122. The first-order valence-electron chi connectivity index (χ1n) is 12.2. The summed E-state index contributed by atoms with van der Waals surface area (Å²) in [5, 5.41) is 2.87. The van der Waals surface area contributed by atoms with E-state index in [0.717, 1.165) is 34.2 Å². The number of rotatable bonds is 7. The van der Waals surface area contributed by atoms with Gasteiger partial charge in [0.15, 0.2) is 5.17 Å². The molecule has 0 aliphatic carbocycles. The lowest BCUT2D eigenvalue weighted by Gasteiger charge is -2.15. The van der Waals surface area contributed by atoms with E-state index in [4.69, 9.17) is 9.73 Å². The van der Waals surface area contributed by atoms with E-state index in [0.29, 0.717) is 23.2 Å². The number of nitrogens with zero attached hydrogens (tertiary/aromatic N) is 2. The molecule has 0 N–H and O–H groups in total. The van der Waals surface area contributed by atoms with Crippen LogP contribution in [0.3, 0.4) is 0 Å². The minimum atomic E-state index is -0.0304. The van der Waals surface area contributed by atoms with E-state index < -0.39 is 0 Å². The molecular weight excluding hydrogens is 464 g/mol. The minimum absolute atomic E-state index is 0.0304. The third-order valence-electron chi connectivity index (χ3n) is 6.12. The zero-order chi connectivity index (χ0) is 24.9. The van der Waals surface area contributed by atoms with Crippen molar-refractivity contribution in [2.75, 3.05) is 13.2 Å². The van der Waals surface area contributed by atoms with E-state index in [2.05, 4.69) is 37.3 Å². The largest absolute Gasteiger partial charge is 0.493 e. The van der Waals surface area contributed by atoms with Crippen LogP contribution in [-0.4, -0.2) is 29.1 Å². The van der Waals surface area contributed by atoms with E-state index in [9.17, 15) is 4.79 Å². The highest BCUT2D eigenvalue weighted by molar-refractivity contribution is 8.18. The molecule has 0 radical (unpaired) electrons. The van der Waals surface area contributed by atoms with Crippen molar-refractivity contribution in [1.82, 2.24) is 4.90 Å². The molecule has 1 aliphatic heterocycles. The predicted octanol–water partition coefficient (Wildman–Crippen LogP) is 7.39. The summed E-state index contributed by atoms with van der Waals surface area (Å²) < 4.78 is 5.95. The van der Waals surface area contributed by atoms with Crippen molar-refractivity contribution in [2.24, 2.45) is 4.99 Å². The first kappa shape index (κ1) is 23.9. The number of aryl methyl sites for hydroxylation is 1. The van der Waals surface area contributed by atoms with Gasteiger partial charge in [0.2, 0.25) is 0 Å². The summed E-state index contributed by atoms with van der Waals surface area (Å²) in [6.07, 6.45) is 2.72. The van der Waals surface area contributed by atoms with Crippen molar-refractivity contribution < 1.29 is 9.53 Å². The van der Waals surface area contributed by atoms with Crippen LogP contribution in [0.2, 0.25) is 0 Å². The van der Waals surface area contributed by atoms with Gasteiger partial charge >= 0.3 is 0 Å². The van der Waals surface area contributed by atoms with Gasteiger partial charge in [-0.05, 0) is 72.6 Å².